The van der Waals surface area contributed by atoms with Crippen LogP contribution in [-0.4, -0.2) is 65.2 Å². The number of aliphatic hydroxyl groups is 4. The number of pyridine rings is 1. The molecule has 0 radical (unpaired) electrons. The Morgan fingerprint density at radius 1 is 1.16 bits per heavy atom. The van der Waals surface area contributed by atoms with Crippen molar-refractivity contribution in [3.63, 3.8) is 0 Å². The van der Waals surface area contributed by atoms with E-state index in [0.29, 0.717) is 28.2 Å². The summed E-state index contributed by atoms with van der Waals surface area (Å²) in [6, 6.07) is 5.20. The number of fused-ring (bicyclic) bond motifs is 1. The van der Waals surface area contributed by atoms with Gasteiger partial charge in [0.2, 0.25) is 12.4 Å². The molecule has 0 unspecified atom stereocenters. The monoisotopic (exact) mass is 538 g/mol. The lowest BCUT2D eigenvalue weighted by atomic mass is 9.87. The van der Waals surface area contributed by atoms with Crippen LogP contribution in [0.5, 0.6) is 0 Å². The summed E-state index contributed by atoms with van der Waals surface area (Å²) >= 11 is 0. The molecular formula is C24H36F2N8O4. The molecule has 0 saturated heterocycles. The first kappa shape index (κ1) is 30.9. The standard InChI is InChI=1S/C14H16N8O3.C7H14O.C3H6F2/c1-7-9(20-16-2)3-4-10(17-7)8-5-6-22-11(8)12(18-13(15)21-22)19-14(23,24)25;1-7(8)5-3-2-4-6-7;1-2-3(4)5/h3-6,23-25H,1-2H3,(H3,15,18,19,21);8H,2-6H2,1H3;3H,2H2,1H3. The topological polar surface area (TPSA) is 187 Å². The van der Waals surface area contributed by atoms with E-state index in [-0.39, 0.29) is 23.8 Å². The molecule has 0 spiro atoms. The molecule has 14 heteroatoms. The molecule has 1 saturated carbocycles. The largest absolute Gasteiger partial charge is 0.390 e. The van der Waals surface area contributed by atoms with Gasteiger partial charge in [0.05, 0.1) is 17.0 Å². The van der Waals surface area contributed by atoms with Crippen molar-refractivity contribution in [3.05, 3.63) is 30.1 Å². The molecule has 4 rings (SSSR count). The average molecular weight is 539 g/mol. The molecule has 3 aromatic heterocycles. The van der Waals surface area contributed by atoms with Gasteiger partial charge in [0.25, 0.3) is 0 Å². The van der Waals surface area contributed by atoms with Gasteiger partial charge >= 0.3 is 6.10 Å². The van der Waals surface area contributed by atoms with E-state index in [9.17, 15) is 29.2 Å². The maximum Gasteiger partial charge on any atom is 0.368 e. The number of azo groups is 1. The molecule has 1 fully saturated rings. The van der Waals surface area contributed by atoms with Gasteiger partial charge in [-0.2, -0.15) is 15.2 Å². The molecule has 1 aliphatic carbocycles. The molecule has 38 heavy (non-hydrogen) atoms. The Morgan fingerprint density at radius 3 is 2.26 bits per heavy atom. The van der Waals surface area contributed by atoms with Crippen LogP contribution in [0.25, 0.3) is 16.8 Å². The van der Waals surface area contributed by atoms with Gasteiger partial charge < -0.3 is 26.2 Å². The molecule has 0 aromatic carbocycles. The molecule has 7 N–H and O–H groups in total. The van der Waals surface area contributed by atoms with Gasteiger partial charge in [-0.05, 0) is 44.9 Å². The van der Waals surface area contributed by atoms with E-state index >= 15 is 0 Å². The number of anilines is 2. The van der Waals surface area contributed by atoms with Gasteiger partial charge in [-0.25, -0.2) is 13.3 Å². The Balaban J connectivity index is 0.000000320. The van der Waals surface area contributed by atoms with Crippen molar-refractivity contribution < 1.29 is 29.2 Å². The lowest BCUT2D eigenvalue weighted by molar-refractivity contribution is -0.289. The minimum absolute atomic E-state index is 0.0278. The van der Waals surface area contributed by atoms with Gasteiger partial charge in [0.15, 0.2) is 5.82 Å². The lowest BCUT2D eigenvalue weighted by Crippen LogP contribution is -2.37. The maximum absolute atomic E-state index is 10.8. The van der Waals surface area contributed by atoms with Crippen LogP contribution < -0.4 is 11.1 Å². The van der Waals surface area contributed by atoms with Crippen molar-refractivity contribution in [2.75, 3.05) is 18.1 Å². The summed E-state index contributed by atoms with van der Waals surface area (Å²) < 4.78 is 22.9. The highest BCUT2D eigenvalue weighted by Gasteiger charge is 2.24. The number of halogens is 2. The Morgan fingerprint density at radius 2 is 1.79 bits per heavy atom. The van der Waals surface area contributed by atoms with Gasteiger partial charge in [0, 0.05) is 25.2 Å². The Hall–Kier alpha value is -3.33. The summed E-state index contributed by atoms with van der Waals surface area (Å²) in [5, 5.41) is 50.8. The van der Waals surface area contributed by atoms with Crippen molar-refractivity contribution in [2.45, 2.75) is 77.4 Å². The van der Waals surface area contributed by atoms with E-state index in [2.05, 4.69) is 30.6 Å². The maximum atomic E-state index is 10.8. The third kappa shape index (κ3) is 9.52. The van der Waals surface area contributed by atoms with Gasteiger partial charge in [-0.3, -0.25) is 10.3 Å². The first-order valence-corrected chi connectivity index (χ1v) is 12.1. The lowest BCUT2D eigenvalue weighted by Gasteiger charge is -2.27. The van der Waals surface area contributed by atoms with Gasteiger partial charge in [-0.1, -0.05) is 26.2 Å². The summed E-state index contributed by atoms with van der Waals surface area (Å²) in [6.07, 6.45) is 2.06. The first-order chi connectivity index (χ1) is 17.8. The number of nitrogens with zero attached hydrogens (tertiary/aromatic N) is 6. The zero-order chi connectivity index (χ0) is 28.5. The summed E-state index contributed by atoms with van der Waals surface area (Å²) in [5.41, 5.74) is 8.10. The van der Waals surface area contributed by atoms with Crippen molar-refractivity contribution in [2.24, 2.45) is 10.2 Å². The molecule has 12 nitrogen and oxygen atoms in total. The van der Waals surface area contributed by atoms with Crippen molar-refractivity contribution in [3.8, 4) is 11.3 Å². The van der Waals surface area contributed by atoms with Crippen LogP contribution in [-0.2, 0) is 0 Å². The van der Waals surface area contributed by atoms with E-state index in [1.165, 1.54) is 30.7 Å². The van der Waals surface area contributed by atoms with Crippen LogP contribution in [0.15, 0.2) is 34.6 Å². The van der Waals surface area contributed by atoms with E-state index < -0.39 is 12.5 Å². The fourth-order valence-corrected chi connectivity index (χ4v) is 3.72. The third-order valence-electron chi connectivity index (χ3n) is 5.59. The smallest absolute Gasteiger partial charge is 0.368 e. The number of hydrogen-bond donors (Lipinski definition) is 6. The second-order valence-electron chi connectivity index (χ2n) is 9.06. The van der Waals surface area contributed by atoms with Crippen LogP contribution in [0.4, 0.5) is 26.2 Å². The molecule has 0 bridgehead atoms. The van der Waals surface area contributed by atoms with Crippen LogP contribution >= 0.6 is 0 Å². The number of nitrogens with two attached hydrogens (primary N) is 1. The van der Waals surface area contributed by atoms with E-state index in [1.807, 2.05) is 6.92 Å². The third-order valence-corrected chi connectivity index (χ3v) is 5.59. The highest BCUT2D eigenvalue weighted by atomic mass is 19.3. The van der Waals surface area contributed by atoms with Crippen molar-refractivity contribution in [1.82, 2.24) is 19.6 Å². The summed E-state index contributed by atoms with van der Waals surface area (Å²) in [7, 11) is 1.57. The number of nitrogens with one attached hydrogen (secondary N) is 1. The van der Waals surface area contributed by atoms with E-state index in [4.69, 9.17) is 5.73 Å². The van der Waals surface area contributed by atoms with Gasteiger partial charge in [0.1, 0.15) is 11.2 Å². The first-order valence-electron chi connectivity index (χ1n) is 12.1. The molecule has 3 heterocycles. The highest BCUT2D eigenvalue weighted by Crippen LogP contribution is 2.31. The molecule has 0 aliphatic heterocycles. The Kier molecular flexibility index (Phi) is 10.9. The fourth-order valence-electron chi connectivity index (χ4n) is 3.72. The summed E-state index contributed by atoms with van der Waals surface area (Å²) in [6.45, 7) is 5.18. The molecular weight excluding hydrogens is 502 g/mol. The van der Waals surface area contributed by atoms with Crippen LogP contribution in [0, 0.1) is 6.92 Å². The molecule has 0 amide bonds. The fraction of sp³-hybridized carbons (Fsp3) is 0.542. The SMILES string of the molecule is CC1(O)CCCCC1.CCC(F)F.CN=Nc1ccc(-c2ccn3nc(N)nc(NC(O)(O)O)c23)nc1C. The summed E-state index contributed by atoms with van der Waals surface area (Å²) in [5.74, 6) is -0.193. The average Bonchev–Trinajstić information content (AvgIpc) is 3.24. The Bertz CT molecular complexity index is 1200. The highest BCUT2D eigenvalue weighted by molar-refractivity contribution is 5.87. The van der Waals surface area contributed by atoms with Crippen LogP contribution in [0.1, 0.15) is 58.1 Å². The van der Waals surface area contributed by atoms with Crippen LogP contribution in [0.3, 0.4) is 0 Å². The van der Waals surface area contributed by atoms with Crippen LogP contribution in [0.2, 0.25) is 0 Å². The van der Waals surface area contributed by atoms with E-state index in [1.54, 1.807) is 38.4 Å². The predicted octanol–water partition coefficient (Wildman–Crippen LogP) is 3.76. The van der Waals surface area contributed by atoms with E-state index in [0.717, 1.165) is 12.8 Å². The normalized spacial score (nSPS) is 15.1. The minimum atomic E-state index is -3.17. The number of aryl methyl sites for hydroxylation is 1. The van der Waals surface area contributed by atoms with Gasteiger partial charge in [-0.15, -0.1) is 5.10 Å². The molecule has 3 aromatic rings. The summed E-state index contributed by atoms with van der Waals surface area (Å²) in [4.78, 5) is 8.38. The number of alkyl halides is 2. The van der Waals surface area contributed by atoms with Crippen molar-refractivity contribution in [1.29, 1.82) is 0 Å². The molecule has 1 aliphatic rings. The quantitative estimate of drug-likeness (QED) is 0.208. The number of hydrogen-bond acceptors (Lipinski definition) is 11. The second-order valence-corrected chi connectivity index (χ2v) is 9.06. The Labute approximate surface area is 219 Å². The number of nitrogen functional groups attached to an aromatic ring is 1. The zero-order valence-electron chi connectivity index (χ0n) is 21.9. The second kappa shape index (κ2) is 13.5. The molecule has 0 atom stereocenters. The predicted molar refractivity (Wildman–Crippen MR) is 139 cm³/mol. The van der Waals surface area contributed by atoms with Crippen molar-refractivity contribution >= 4 is 23.0 Å². The molecule has 210 valence electrons. The minimum Gasteiger partial charge on any atom is -0.390 e. The number of rotatable bonds is 5. The number of aromatic nitrogens is 4. The zero-order valence-corrected chi connectivity index (χ0v) is 21.9.